The van der Waals surface area contributed by atoms with Gasteiger partial charge in [-0.3, -0.25) is 0 Å². The summed E-state index contributed by atoms with van der Waals surface area (Å²) in [4.78, 5) is 0.0268. The molecule has 1 N–H and O–H groups in total. The highest BCUT2D eigenvalue weighted by Crippen LogP contribution is 2.30. The van der Waals surface area contributed by atoms with Gasteiger partial charge in [0, 0.05) is 6.54 Å². The molecule has 0 aliphatic heterocycles. The summed E-state index contributed by atoms with van der Waals surface area (Å²) in [6.45, 7) is 6.59. The molecule has 0 saturated heterocycles. The Hall–Kier alpha value is -1.92. The minimum Gasteiger partial charge on any atom is -0.492 e. The molecule has 4 nitrogen and oxygen atoms in total. The van der Waals surface area contributed by atoms with Crippen molar-refractivity contribution in [3.8, 4) is 5.75 Å². The third-order valence-corrected chi connectivity index (χ3v) is 4.95. The van der Waals surface area contributed by atoms with Gasteiger partial charge in [-0.1, -0.05) is 39.0 Å². The number of halogens is 1. The van der Waals surface area contributed by atoms with Crippen LogP contribution in [0.5, 0.6) is 5.75 Å². The molecule has 0 heterocycles. The largest absolute Gasteiger partial charge is 0.492 e. The van der Waals surface area contributed by atoms with Gasteiger partial charge in [-0.15, -0.1) is 0 Å². The number of ether oxygens (including phenoxy) is 1. The van der Waals surface area contributed by atoms with Gasteiger partial charge in [-0.2, -0.15) is 0 Å². The van der Waals surface area contributed by atoms with E-state index in [1.807, 2.05) is 24.3 Å². The smallest absolute Gasteiger partial charge is 0.240 e. The van der Waals surface area contributed by atoms with Crippen molar-refractivity contribution in [1.29, 1.82) is 0 Å². The van der Waals surface area contributed by atoms with E-state index in [0.717, 1.165) is 23.4 Å². The van der Waals surface area contributed by atoms with Crippen molar-refractivity contribution in [3.63, 3.8) is 0 Å². The monoisotopic (exact) mass is 351 g/mol. The molecule has 130 valence electrons. The summed E-state index contributed by atoms with van der Waals surface area (Å²) in [5.41, 5.74) is 0.996. The molecular formula is C18H22FNO3S. The van der Waals surface area contributed by atoms with Crippen molar-refractivity contribution in [2.24, 2.45) is 0 Å². The lowest BCUT2D eigenvalue weighted by atomic mass is 9.86. The van der Waals surface area contributed by atoms with Crippen LogP contribution in [0.2, 0.25) is 0 Å². The van der Waals surface area contributed by atoms with Gasteiger partial charge >= 0.3 is 0 Å². The zero-order chi connectivity index (χ0) is 17.8. The maximum absolute atomic E-state index is 12.9. The molecule has 0 aliphatic rings. The van der Waals surface area contributed by atoms with E-state index in [-0.39, 0.29) is 23.5 Å². The van der Waals surface area contributed by atoms with Gasteiger partial charge < -0.3 is 4.74 Å². The van der Waals surface area contributed by atoms with Gasteiger partial charge in [0.1, 0.15) is 18.2 Å². The van der Waals surface area contributed by atoms with Crippen LogP contribution in [0.3, 0.4) is 0 Å². The van der Waals surface area contributed by atoms with E-state index >= 15 is 0 Å². The molecule has 0 aliphatic carbocycles. The van der Waals surface area contributed by atoms with Crippen LogP contribution in [0.1, 0.15) is 26.3 Å². The SMILES string of the molecule is CC(C)(C)c1ccccc1OCCNS(=O)(=O)c1ccc(F)cc1. The number of para-hydroxylation sites is 1. The van der Waals surface area contributed by atoms with E-state index in [1.165, 1.54) is 12.1 Å². The number of sulfonamides is 1. The van der Waals surface area contributed by atoms with E-state index in [0.29, 0.717) is 0 Å². The number of hydrogen-bond acceptors (Lipinski definition) is 3. The van der Waals surface area contributed by atoms with E-state index in [9.17, 15) is 12.8 Å². The second-order valence-corrected chi connectivity index (χ2v) is 8.21. The van der Waals surface area contributed by atoms with Gasteiger partial charge in [-0.05, 0) is 41.3 Å². The van der Waals surface area contributed by atoms with Crippen molar-refractivity contribution in [2.75, 3.05) is 13.2 Å². The molecule has 0 radical (unpaired) electrons. The van der Waals surface area contributed by atoms with Crippen molar-refractivity contribution in [3.05, 3.63) is 59.9 Å². The molecule has 2 rings (SSSR count). The molecule has 0 spiro atoms. The van der Waals surface area contributed by atoms with Crippen LogP contribution in [-0.2, 0) is 15.4 Å². The van der Waals surface area contributed by atoms with E-state index < -0.39 is 15.8 Å². The van der Waals surface area contributed by atoms with Crippen molar-refractivity contribution < 1.29 is 17.5 Å². The summed E-state index contributed by atoms with van der Waals surface area (Å²) >= 11 is 0. The van der Waals surface area contributed by atoms with Crippen LogP contribution in [0, 0.1) is 5.82 Å². The van der Waals surface area contributed by atoms with Crippen molar-refractivity contribution >= 4 is 10.0 Å². The van der Waals surface area contributed by atoms with Crippen LogP contribution >= 0.6 is 0 Å². The van der Waals surface area contributed by atoms with Crippen molar-refractivity contribution in [2.45, 2.75) is 31.1 Å². The Kier molecular flexibility index (Phi) is 5.62. The Morgan fingerprint density at radius 3 is 2.29 bits per heavy atom. The second-order valence-electron chi connectivity index (χ2n) is 6.45. The fraction of sp³-hybridized carbons (Fsp3) is 0.333. The maximum atomic E-state index is 12.9. The quantitative estimate of drug-likeness (QED) is 0.811. The summed E-state index contributed by atoms with van der Waals surface area (Å²) in [5.74, 6) is 0.266. The molecular weight excluding hydrogens is 329 g/mol. The maximum Gasteiger partial charge on any atom is 0.240 e. The Labute approximate surface area is 142 Å². The molecule has 0 unspecified atom stereocenters. The van der Waals surface area contributed by atoms with Gasteiger partial charge in [0.15, 0.2) is 0 Å². The first-order chi connectivity index (χ1) is 11.2. The Balaban J connectivity index is 1.95. The summed E-state index contributed by atoms with van der Waals surface area (Å²) in [6.07, 6.45) is 0. The van der Waals surface area contributed by atoms with Gasteiger partial charge in [0.05, 0.1) is 4.90 Å². The van der Waals surface area contributed by atoms with Gasteiger partial charge in [0.2, 0.25) is 10.0 Å². The molecule has 24 heavy (non-hydrogen) atoms. The van der Waals surface area contributed by atoms with Crippen LogP contribution < -0.4 is 9.46 Å². The minimum absolute atomic E-state index is 0.0268. The molecule has 0 aromatic heterocycles. The molecule has 6 heteroatoms. The number of rotatable bonds is 6. The van der Waals surface area contributed by atoms with E-state index in [1.54, 1.807) is 0 Å². The number of nitrogens with one attached hydrogen (secondary N) is 1. The molecule has 0 amide bonds. The Morgan fingerprint density at radius 2 is 1.67 bits per heavy atom. The highest BCUT2D eigenvalue weighted by Gasteiger charge is 2.18. The fourth-order valence-corrected chi connectivity index (χ4v) is 3.26. The first kappa shape index (κ1) is 18.4. The fourth-order valence-electron chi connectivity index (χ4n) is 2.25. The summed E-state index contributed by atoms with van der Waals surface area (Å²) in [6, 6.07) is 12.4. The number of benzene rings is 2. The van der Waals surface area contributed by atoms with Crippen LogP contribution in [0.25, 0.3) is 0 Å². The third-order valence-electron chi connectivity index (χ3n) is 3.47. The standard InChI is InChI=1S/C18H22FNO3S/c1-18(2,3)16-6-4-5-7-17(16)23-13-12-20-24(21,22)15-10-8-14(19)9-11-15/h4-11,20H,12-13H2,1-3H3. The van der Waals surface area contributed by atoms with Crippen molar-refractivity contribution in [1.82, 2.24) is 4.72 Å². The minimum atomic E-state index is -3.67. The molecule has 0 fully saturated rings. The third kappa shape index (κ3) is 4.79. The molecule has 0 atom stereocenters. The van der Waals surface area contributed by atoms with Gasteiger partial charge in [-0.25, -0.2) is 17.5 Å². The van der Waals surface area contributed by atoms with Crippen LogP contribution in [0.15, 0.2) is 53.4 Å². The topological polar surface area (TPSA) is 55.4 Å². The van der Waals surface area contributed by atoms with Crippen LogP contribution in [-0.4, -0.2) is 21.6 Å². The lowest BCUT2D eigenvalue weighted by molar-refractivity contribution is 0.314. The zero-order valence-electron chi connectivity index (χ0n) is 14.0. The van der Waals surface area contributed by atoms with Crippen LogP contribution in [0.4, 0.5) is 4.39 Å². The van der Waals surface area contributed by atoms with E-state index in [4.69, 9.17) is 4.74 Å². The summed E-state index contributed by atoms with van der Waals surface area (Å²) < 4.78 is 45.2. The van der Waals surface area contributed by atoms with E-state index in [2.05, 4.69) is 25.5 Å². The molecule has 2 aromatic rings. The average Bonchev–Trinajstić information content (AvgIpc) is 2.51. The Morgan fingerprint density at radius 1 is 1.04 bits per heavy atom. The predicted octanol–water partition coefficient (Wildman–Crippen LogP) is 3.48. The lowest BCUT2D eigenvalue weighted by Gasteiger charge is -2.22. The first-order valence-corrected chi connectivity index (χ1v) is 9.16. The predicted molar refractivity (Wildman–Crippen MR) is 92.2 cm³/mol. The lowest BCUT2D eigenvalue weighted by Crippen LogP contribution is -2.28. The first-order valence-electron chi connectivity index (χ1n) is 7.68. The highest BCUT2D eigenvalue weighted by molar-refractivity contribution is 7.89. The zero-order valence-corrected chi connectivity index (χ0v) is 14.9. The average molecular weight is 351 g/mol. The Bertz CT molecular complexity index is 781. The highest BCUT2D eigenvalue weighted by atomic mass is 32.2. The molecule has 2 aromatic carbocycles. The summed E-state index contributed by atoms with van der Waals surface area (Å²) in [5, 5.41) is 0. The van der Waals surface area contributed by atoms with Gasteiger partial charge in [0.25, 0.3) is 0 Å². The normalized spacial score (nSPS) is 12.2. The molecule has 0 bridgehead atoms. The summed E-state index contributed by atoms with van der Waals surface area (Å²) in [7, 11) is -3.67. The number of hydrogen-bond donors (Lipinski definition) is 1. The second kappa shape index (κ2) is 7.32. The molecule has 0 saturated carbocycles.